The number of rotatable bonds is 5. The Balaban J connectivity index is 2.09. The average Bonchev–Trinajstić information content (AvgIpc) is 2.96. The van der Waals surface area contributed by atoms with Gasteiger partial charge in [-0.25, -0.2) is 4.98 Å². The van der Waals surface area contributed by atoms with Gasteiger partial charge in [-0.05, 0) is 25.7 Å². The quantitative estimate of drug-likeness (QED) is 0.838. The van der Waals surface area contributed by atoms with Crippen LogP contribution in [0.25, 0.3) is 0 Å². The second kappa shape index (κ2) is 4.31. The van der Waals surface area contributed by atoms with E-state index in [1.807, 2.05) is 0 Å². The van der Waals surface area contributed by atoms with Crippen molar-refractivity contribution in [2.24, 2.45) is 0 Å². The minimum Gasteiger partial charge on any atom is -0.481 e. The maximum Gasteiger partial charge on any atom is 0.303 e. The Bertz CT molecular complexity index is 369. The predicted molar refractivity (Wildman–Crippen MR) is 59.4 cm³/mol. The van der Waals surface area contributed by atoms with Crippen molar-refractivity contribution in [2.45, 2.75) is 44.9 Å². The van der Waals surface area contributed by atoms with Crippen LogP contribution in [0.5, 0.6) is 0 Å². The van der Waals surface area contributed by atoms with Crippen molar-refractivity contribution in [3.05, 3.63) is 15.6 Å². The number of carbonyl (C=O) groups is 1. The number of carboxylic acids is 1. The maximum absolute atomic E-state index is 10.5. The summed E-state index contributed by atoms with van der Waals surface area (Å²) in [6.45, 7) is 2.08. The van der Waals surface area contributed by atoms with Crippen molar-refractivity contribution in [1.82, 2.24) is 4.98 Å². The summed E-state index contributed by atoms with van der Waals surface area (Å²) >= 11 is 1.72. The van der Waals surface area contributed by atoms with E-state index in [4.69, 9.17) is 5.11 Å². The summed E-state index contributed by atoms with van der Waals surface area (Å²) in [5, 5.41) is 9.88. The Morgan fingerprint density at radius 3 is 2.87 bits per heavy atom. The number of thiazole rings is 1. The molecule has 1 aliphatic carbocycles. The summed E-state index contributed by atoms with van der Waals surface area (Å²) in [6.07, 6.45) is 4.30. The molecule has 0 spiro atoms. The van der Waals surface area contributed by atoms with Crippen LogP contribution >= 0.6 is 11.3 Å². The molecule has 0 radical (unpaired) electrons. The summed E-state index contributed by atoms with van der Waals surface area (Å²) < 4.78 is 0. The molecule has 1 N–H and O–H groups in total. The molecule has 0 amide bonds. The Morgan fingerprint density at radius 1 is 1.60 bits per heavy atom. The van der Waals surface area contributed by atoms with E-state index in [1.54, 1.807) is 11.3 Å². The van der Waals surface area contributed by atoms with E-state index in [-0.39, 0.29) is 6.42 Å². The molecule has 1 aromatic heterocycles. The third kappa shape index (κ3) is 2.56. The second-order valence-electron chi connectivity index (χ2n) is 3.94. The van der Waals surface area contributed by atoms with Gasteiger partial charge in [-0.3, -0.25) is 4.79 Å². The van der Waals surface area contributed by atoms with Gasteiger partial charge in [-0.1, -0.05) is 6.92 Å². The lowest BCUT2D eigenvalue weighted by atomic mass is 10.2. The molecule has 0 aliphatic heterocycles. The zero-order valence-corrected chi connectivity index (χ0v) is 9.64. The fourth-order valence-corrected chi connectivity index (χ4v) is 2.92. The third-order valence-corrected chi connectivity index (χ3v) is 3.94. The minimum atomic E-state index is -0.724. The molecule has 0 aromatic carbocycles. The number of hydrogen-bond donors (Lipinski definition) is 1. The second-order valence-corrected chi connectivity index (χ2v) is 5.06. The van der Waals surface area contributed by atoms with Gasteiger partial charge in [-0.15, -0.1) is 11.3 Å². The van der Waals surface area contributed by atoms with Crippen LogP contribution in [0.15, 0.2) is 0 Å². The van der Waals surface area contributed by atoms with E-state index in [9.17, 15) is 4.79 Å². The highest BCUT2D eigenvalue weighted by atomic mass is 32.1. The molecule has 1 saturated carbocycles. The summed E-state index contributed by atoms with van der Waals surface area (Å²) in [6, 6.07) is 0. The Hall–Kier alpha value is -0.900. The van der Waals surface area contributed by atoms with Gasteiger partial charge in [0.2, 0.25) is 0 Å². The van der Waals surface area contributed by atoms with Gasteiger partial charge >= 0.3 is 5.97 Å². The first-order chi connectivity index (χ1) is 7.20. The van der Waals surface area contributed by atoms with E-state index in [2.05, 4.69) is 11.9 Å². The van der Waals surface area contributed by atoms with Crippen molar-refractivity contribution < 1.29 is 9.90 Å². The molecule has 0 atom stereocenters. The molecule has 1 aliphatic rings. The van der Waals surface area contributed by atoms with Crippen LogP contribution in [0.4, 0.5) is 0 Å². The van der Waals surface area contributed by atoms with Gasteiger partial charge in [0, 0.05) is 10.8 Å². The van der Waals surface area contributed by atoms with Crippen LogP contribution < -0.4 is 0 Å². The lowest BCUT2D eigenvalue weighted by Gasteiger charge is -1.95. The lowest BCUT2D eigenvalue weighted by molar-refractivity contribution is -0.136. The Morgan fingerprint density at radius 2 is 2.33 bits per heavy atom. The molecule has 2 rings (SSSR count). The van der Waals surface area contributed by atoms with E-state index in [0.717, 1.165) is 12.1 Å². The van der Waals surface area contributed by atoms with Crippen molar-refractivity contribution in [2.75, 3.05) is 0 Å². The molecule has 0 saturated heterocycles. The number of aromatic nitrogens is 1. The molecule has 3 nitrogen and oxygen atoms in total. The topological polar surface area (TPSA) is 50.2 Å². The Labute approximate surface area is 93.2 Å². The molecular formula is C11H15NO2S. The predicted octanol–water partition coefficient (Wildman–Crippen LogP) is 2.60. The van der Waals surface area contributed by atoms with E-state index >= 15 is 0 Å². The highest BCUT2D eigenvalue weighted by molar-refractivity contribution is 7.11. The van der Waals surface area contributed by atoms with Crippen LogP contribution in [0, 0.1) is 0 Å². The first kappa shape index (κ1) is 10.6. The van der Waals surface area contributed by atoms with E-state index in [1.165, 1.54) is 22.7 Å². The minimum absolute atomic E-state index is 0.222. The van der Waals surface area contributed by atoms with Crippen molar-refractivity contribution in [3.63, 3.8) is 0 Å². The fourth-order valence-electron chi connectivity index (χ4n) is 1.60. The number of hydrogen-bond acceptors (Lipinski definition) is 3. The first-order valence-electron chi connectivity index (χ1n) is 5.41. The molecule has 1 fully saturated rings. The fraction of sp³-hybridized carbons (Fsp3) is 0.636. The van der Waals surface area contributed by atoms with E-state index < -0.39 is 5.97 Å². The number of aryl methyl sites for hydroxylation is 2. The van der Waals surface area contributed by atoms with Crippen LogP contribution in [0.3, 0.4) is 0 Å². The monoisotopic (exact) mass is 225 g/mol. The summed E-state index contributed by atoms with van der Waals surface area (Å²) in [5.74, 6) is -0.0442. The summed E-state index contributed by atoms with van der Waals surface area (Å²) in [7, 11) is 0. The van der Waals surface area contributed by atoms with Crippen molar-refractivity contribution >= 4 is 17.3 Å². The molecular weight excluding hydrogens is 210 g/mol. The molecule has 0 bridgehead atoms. The van der Waals surface area contributed by atoms with Crippen LogP contribution in [-0.2, 0) is 17.6 Å². The van der Waals surface area contributed by atoms with E-state index in [0.29, 0.717) is 12.3 Å². The lowest BCUT2D eigenvalue weighted by Crippen LogP contribution is -1.98. The smallest absolute Gasteiger partial charge is 0.303 e. The average molecular weight is 225 g/mol. The molecule has 4 heteroatoms. The first-order valence-corrected chi connectivity index (χ1v) is 6.22. The number of aliphatic carboxylic acids is 1. The van der Waals surface area contributed by atoms with Gasteiger partial charge in [0.15, 0.2) is 0 Å². The maximum atomic E-state index is 10.5. The Kier molecular flexibility index (Phi) is 3.05. The van der Waals surface area contributed by atoms with Gasteiger partial charge in [0.1, 0.15) is 0 Å². The molecule has 1 aromatic rings. The van der Waals surface area contributed by atoms with Crippen LogP contribution in [0.1, 0.15) is 47.7 Å². The third-order valence-electron chi connectivity index (χ3n) is 2.62. The van der Waals surface area contributed by atoms with Gasteiger partial charge in [0.05, 0.1) is 17.1 Å². The number of nitrogens with zero attached hydrogens (tertiary/aromatic N) is 1. The molecule has 15 heavy (non-hydrogen) atoms. The van der Waals surface area contributed by atoms with Gasteiger partial charge in [-0.2, -0.15) is 0 Å². The number of carboxylic acid groups (broad SMARTS) is 1. The van der Waals surface area contributed by atoms with Crippen LogP contribution in [0.2, 0.25) is 0 Å². The standard InChI is InChI=1S/C11H15NO2S/c1-2-8-9(5-6-10(13)14)15-11(12-8)7-3-4-7/h7H,2-6H2,1H3,(H,13,14). The molecule has 1 heterocycles. The summed E-state index contributed by atoms with van der Waals surface area (Å²) in [5.41, 5.74) is 1.11. The largest absolute Gasteiger partial charge is 0.481 e. The SMILES string of the molecule is CCc1nc(C2CC2)sc1CCC(=O)O. The zero-order chi connectivity index (χ0) is 10.8. The van der Waals surface area contributed by atoms with Crippen molar-refractivity contribution in [1.29, 1.82) is 0 Å². The van der Waals surface area contributed by atoms with Gasteiger partial charge in [0.25, 0.3) is 0 Å². The zero-order valence-electron chi connectivity index (χ0n) is 8.82. The highest BCUT2D eigenvalue weighted by Gasteiger charge is 2.27. The van der Waals surface area contributed by atoms with Crippen molar-refractivity contribution in [3.8, 4) is 0 Å². The summed E-state index contributed by atoms with van der Waals surface area (Å²) in [4.78, 5) is 16.3. The molecule has 82 valence electrons. The molecule has 0 unspecified atom stereocenters. The van der Waals surface area contributed by atoms with Crippen LogP contribution in [-0.4, -0.2) is 16.1 Å². The van der Waals surface area contributed by atoms with Gasteiger partial charge < -0.3 is 5.11 Å². The highest BCUT2D eigenvalue weighted by Crippen LogP contribution is 2.42. The normalized spacial score (nSPS) is 15.5.